The van der Waals surface area contributed by atoms with Crippen molar-refractivity contribution in [2.24, 2.45) is 10.2 Å². The Morgan fingerprint density at radius 3 is 2.90 bits per heavy atom. The standard InChI is InChI=1S/C16H16ClN3/c1-12-6-5-7-13(10-12)14-11-15(18-19-16(14)17)20-8-3-2-4-9-20/h2-8,10-11,15-16H,9H2,1H3. The molecule has 0 aromatic heterocycles. The van der Waals surface area contributed by atoms with E-state index in [2.05, 4.69) is 52.4 Å². The first-order chi connectivity index (χ1) is 9.74. The van der Waals surface area contributed by atoms with Crippen molar-refractivity contribution < 1.29 is 0 Å². The van der Waals surface area contributed by atoms with Gasteiger partial charge in [-0.1, -0.05) is 53.6 Å². The van der Waals surface area contributed by atoms with Gasteiger partial charge in [-0.2, -0.15) is 10.2 Å². The molecule has 0 amide bonds. The highest BCUT2D eigenvalue weighted by atomic mass is 35.5. The highest BCUT2D eigenvalue weighted by Crippen LogP contribution is 2.30. The summed E-state index contributed by atoms with van der Waals surface area (Å²) in [6.07, 6.45) is 10.2. The normalized spacial score (nSPS) is 24.9. The van der Waals surface area contributed by atoms with Crippen LogP contribution in [0.15, 0.2) is 65.0 Å². The van der Waals surface area contributed by atoms with E-state index < -0.39 is 5.50 Å². The summed E-state index contributed by atoms with van der Waals surface area (Å²) in [5.74, 6) is 0. The molecule has 20 heavy (non-hydrogen) atoms. The van der Waals surface area contributed by atoms with Gasteiger partial charge in [0.15, 0.2) is 11.7 Å². The van der Waals surface area contributed by atoms with Crippen LogP contribution in [-0.2, 0) is 0 Å². The summed E-state index contributed by atoms with van der Waals surface area (Å²) >= 11 is 6.29. The minimum Gasteiger partial charge on any atom is -0.348 e. The zero-order valence-corrected chi connectivity index (χ0v) is 12.0. The second-order valence-electron chi connectivity index (χ2n) is 4.94. The van der Waals surface area contributed by atoms with Crippen molar-refractivity contribution in [3.8, 4) is 0 Å². The van der Waals surface area contributed by atoms with Crippen LogP contribution in [0.5, 0.6) is 0 Å². The van der Waals surface area contributed by atoms with Crippen LogP contribution in [0.2, 0.25) is 0 Å². The SMILES string of the molecule is Cc1cccc(C2=CC(N3C=CC=CC3)N=NC2Cl)c1. The van der Waals surface area contributed by atoms with Crippen LogP contribution in [0.25, 0.3) is 5.57 Å². The number of nitrogens with zero attached hydrogens (tertiary/aromatic N) is 3. The van der Waals surface area contributed by atoms with Gasteiger partial charge in [-0.05, 0) is 24.6 Å². The molecular formula is C16H16ClN3. The number of allylic oxidation sites excluding steroid dienone is 2. The molecule has 3 nitrogen and oxygen atoms in total. The molecule has 2 unspecified atom stereocenters. The van der Waals surface area contributed by atoms with Gasteiger partial charge in [0.25, 0.3) is 0 Å². The smallest absolute Gasteiger partial charge is 0.169 e. The first kappa shape index (κ1) is 13.1. The predicted molar refractivity (Wildman–Crippen MR) is 82.4 cm³/mol. The number of alkyl halides is 1. The van der Waals surface area contributed by atoms with Crippen molar-refractivity contribution >= 4 is 17.2 Å². The fraction of sp³-hybridized carbons (Fsp3) is 0.250. The third-order valence-corrected chi connectivity index (χ3v) is 3.73. The molecule has 0 saturated carbocycles. The molecule has 2 atom stereocenters. The van der Waals surface area contributed by atoms with E-state index in [4.69, 9.17) is 11.6 Å². The van der Waals surface area contributed by atoms with Crippen LogP contribution in [0.1, 0.15) is 11.1 Å². The fourth-order valence-corrected chi connectivity index (χ4v) is 2.61. The number of rotatable bonds is 2. The molecule has 0 saturated heterocycles. The zero-order chi connectivity index (χ0) is 13.9. The number of azo groups is 1. The van der Waals surface area contributed by atoms with E-state index >= 15 is 0 Å². The first-order valence-electron chi connectivity index (χ1n) is 6.66. The number of benzene rings is 1. The topological polar surface area (TPSA) is 28.0 Å². The van der Waals surface area contributed by atoms with Crippen molar-refractivity contribution in [3.05, 3.63) is 65.9 Å². The van der Waals surface area contributed by atoms with Gasteiger partial charge in [-0.15, -0.1) is 0 Å². The Balaban J connectivity index is 1.90. The van der Waals surface area contributed by atoms with Crippen LogP contribution in [0, 0.1) is 6.92 Å². The zero-order valence-electron chi connectivity index (χ0n) is 11.3. The molecule has 1 aromatic carbocycles. The first-order valence-corrected chi connectivity index (χ1v) is 7.09. The molecule has 2 aliphatic rings. The molecule has 0 bridgehead atoms. The lowest BCUT2D eigenvalue weighted by molar-refractivity contribution is 0.341. The maximum atomic E-state index is 6.29. The average molecular weight is 286 g/mol. The van der Waals surface area contributed by atoms with Gasteiger partial charge in [0, 0.05) is 18.3 Å². The van der Waals surface area contributed by atoms with Crippen LogP contribution in [0.3, 0.4) is 0 Å². The van der Waals surface area contributed by atoms with Gasteiger partial charge in [-0.25, -0.2) is 0 Å². The molecular weight excluding hydrogens is 270 g/mol. The van der Waals surface area contributed by atoms with Crippen molar-refractivity contribution in [2.45, 2.75) is 18.6 Å². The molecule has 0 N–H and O–H groups in total. The molecule has 102 valence electrons. The maximum absolute atomic E-state index is 6.29. The summed E-state index contributed by atoms with van der Waals surface area (Å²) in [5, 5.41) is 8.49. The summed E-state index contributed by atoms with van der Waals surface area (Å²) in [4.78, 5) is 2.13. The number of halogens is 1. The largest absolute Gasteiger partial charge is 0.348 e. The summed E-state index contributed by atoms with van der Waals surface area (Å²) in [6.45, 7) is 2.91. The fourth-order valence-electron chi connectivity index (χ4n) is 2.36. The molecule has 0 fully saturated rings. The van der Waals surface area contributed by atoms with E-state index in [-0.39, 0.29) is 6.17 Å². The van der Waals surface area contributed by atoms with Crippen molar-refractivity contribution in [2.75, 3.05) is 6.54 Å². The highest BCUT2D eigenvalue weighted by molar-refractivity contribution is 6.26. The second kappa shape index (κ2) is 5.63. The van der Waals surface area contributed by atoms with Gasteiger partial charge in [0.2, 0.25) is 0 Å². The van der Waals surface area contributed by atoms with Crippen LogP contribution < -0.4 is 0 Å². The second-order valence-corrected chi connectivity index (χ2v) is 5.35. The number of hydrogen-bond donors (Lipinski definition) is 0. The van der Waals surface area contributed by atoms with Gasteiger partial charge < -0.3 is 4.90 Å². The van der Waals surface area contributed by atoms with E-state index in [1.807, 2.05) is 24.4 Å². The van der Waals surface area contributed by atoms with Crippen LogP contribution >= 0.6 is 11.6 Å². The monoisotopic (exact) mass is 285 g/mol. The lowest BCUT2D eigenvalue weighted by atomic mass is 10.0. The van der Waals surface area contributed by atoms with Crippen molar-refractivity contribution in [1.29, 1.82) is 0 Å². The minimum atomic E-state index is -0.405. The summed E-state index contributed by atoms with van der Waals surface area (Å²) in [6, 6.07) is 8.32. The Morgan fingerprint density at radius 1 is 1.25 bits per heavy atom. The summed E-state index contributed by atoms with van der Waals surface area (Å²) in [7, 11) is 0. The predicted octanol–water partition coefficient (Wildman–Crippen LogP) is 4.12. The average Bonchev–Trinajstić information content (AvgIpc) is 2.48. The van der Waals surface area contributed by atoms with Crippen LogP contribution in [0.4, 0.5) is 0 Å². The number of hydrogen-bond acceptors (Lipinski definition) is 3. The maximum Gasteiger partial charge on any atom is 0.169 e. The number of aryl methyl sites for hydroxylation is 1. The molecule has 4 heteroatoms. The summed E-state index contributed by atoms with van der Waals surface area (Å²) in [5.41, 5.74) is 2.95. The van der Waals surface area contributed by atoms with Crippen LogP contribution in [-0.4, -0.2) is 23.1 Å². The molecule has 0 radical (unpaired) electrons. The van der Waals surface area contributed by atoms with Gasteiger partial charge in [0.05, 0.1) is 0 Å². The third kappa shape index (κ3) is 2.68. The Labute approximate surface area is 124 Å². The highest BCUT2D eigenvalue weighted by Gasteiger charge is 2.22. The molecule has 0 spiro atoms. The van der Waals surface area contributed by atoms with E-state index in [1.54, 1.807) is 0 Å². The minimum absolute atomic E-state index is 0.0817. The third-order valence-electron chi connectivity index (χ3n) is 3.40. The van der Waals surface area contributed by atoms with Crippen molar-refractivity contribution in [3.63, 3.8) is 0 Å². The molecule has 0 aliphatic carbocycles. The summed E-state index contributed by atoms with van der Waals surface area (Å²) < 4.78 is 0. The van der Waals surface area contributed by atoms with Gasteiger partial charge >= 0.3 is 0 Å². The lowest BCUT2D eigenvalue weighted by Crippen LogP contribution is -2.30. The Morgan fingerprint density at radius 2 is 2.15 bits per heavy atom. The Kier molecular flexibility index (Phi) is 3.70. The van der Waals surface area contributed by atoms with Crippen molar-refractivity contribution in [1.82, 2.24) is 4.90 Å². The van der Waals surface area contributed by atoms with Gasteiger partial charge in [0.1, 0.15) is 0 Å². The molecule has 1 aromatic rings. The van der Waals surface area contributed by atoms with E-state index in [0.29, 0.717) is 0 Å². The van der Waals surface area contributed by atoms with Gasteiger partial charge in [-0.3, -0.25) is 0 Å². The quantitative estimate of drug-likeness (QED) is 0.593. The molecule has 3 rings (SSSR count). The Bertz CT molecular complexity index is 616. The Hall–Kier alpha value is -1.87. The molecule has 2 heterocycles. The molecule has 2 aliphatic heterocycles. The lowest BCUT2D eigenvalue weighted by Gasteiger charge is -2.28. The van der Waals surface area contributed by atoms with E-state index in [1.165, 1.54) is 5.56 Å². The van der Waals surface area contributed by atoms with E-state index in [0.717, 1.165) is 17.7 Å². The van der Waals surface area contributed by atoms with E-state index in [9.17, 15) is 0 Å².